The maximum Gasteiger partial charge on any atom is 0.246 e. The average Bonchev–Trinajstić information content (AvgIpc) is 2.60. The first kappa shape index (κ1) is 16.7. The van der Waals surface area contributed by atoms with Crippen LogP contribution < -0.4 is 4.74 Å². The van der Waals surface area contributed by atoms with Crippen molar-refractivity contribution in [3.63, 3.8) is 0 Å². The summed E-state index contributed by atoms with van der Waals surface area (Å²) in [4.78, 5) is 18.1. The van der Waals surface area contributed by atoms with Gasteiger partial charge in [-0.1, -0.05) is 24.3 Å². The molecule has 2 aromatic rings. The van der Waals surface area contributed by atoms with Gasteiger partial charge in [0.05, 0.1) is 7.11 Å². The second kappa shape index (κ2) is 8.13. The predicted octanol–water partition coefficient (Wildman–Crippen LogP) is 3.19. The third kappa shape index (κ3) is 4.68. The fourth-order valence-electron chi connectivity index (χ4n) is 2.30. The molecule has 0 saturated carbocycles. The van der Waals surface area contributed by atoms with Gasteiger partial charge in [0.25, 0.3) is 0 Å². The van der Waals surface area contributed by atoms with Crippen LogP contribution in [0.4, 0.5) is 0 Å². The number of para-hydroxylation sites is 1. The molecule has 1 heterocycles. The van der Waals surface area contributed by atoms with Gasteiger partial charge < -0.3 is 9.64 Å². The van der Waals surface area contributed by atoms with Crippen LogP contribution in [0.2, 0.25) is 0 Å². The van der Waals surface area contributed by atoms with E-state index in [0.29, 0.717) is 0 Å². The quantitative estimate of drug-likeness (QED) is 0.770. The Morgan fingerprint density at radius 1 is 1.30 bits per heavy atom. The summed E-state index contributed by atoms with van der Waals surface area (Å²) in [6.45, 7) is 2.03. The summed E-state index contributed by atoms with van der Waals surface area (Å²) in [7, 11) is 3.48. The molecule has 0 aliphatic heterocycles. The predicted molar refractivity (Wildman–Crippen MR) is 92.2 cm³/mol. The van der Waals surface area contributed by atoms with E-state index in [0.717, 1.165) is 23.3 Å². The molecule has 0 radical (unpaired) electrons. The van der Waals surface area contributed by atoms with Crippen molar-refractivity contribution in [2.75, 3.05) is 14.2 Å². The number of pyridine rings is 1. The standard InChI is InChI=1S/C19H22N2O2/c1-15(13-17-8-4-5-9-18(17)23-3)21(2)19(22)11-10-16-7-6-12-20-14-16/h4-12,14-15H,13H2,1-3H3/b11-10+/t15-/m0/s1. The highest BCUT2D eigenvalue weighted by atomic mass is 16.5. The van der Waals surface area contributed by atoms with Gasteiger partial charge in [-0.15, -0.1) is 0 Å². The van der Waals surface area contributed by atoms with Crippen molar-refractivity contribution < 1.29 is 9.53 Å². The summed E-state index contributed by atoms with van der Waals surface area (Å²) in [5, 5.41) is 0. The topological polar surface area (TPSA) is 42.4 Å². The molecule has 0 aliphatic carbocycles. The number of ether oxygens (including phenoxy) is 1. The lowest BCUT2D eigenvalue weighted by Crippen LogP contribution is -2.35. The van der Waals surface area contributed by atoms with E-state index in [1.807, 2.05) is 50.4 Å². The fourth-order valence-corrected chi connectivity index (χ4v) is 2.30. The molecule has 1 aromatic heterocycles. The second-order valence-corrected chi connectivity index (χ2v) is 5.43. The second-order valence-electron chi connectivity index (χ2n) is 5.43. The first-order valence-electron chi connectivity index (χ1n) is 7.58. The van der Waals surface area contributed by atoms with Crippen LogP contribution in [-0.4, -0.2) is 36.0 Å². The molecule has 120 valence electrons. The van der Waals surface area contributed by atoms with Gasteiger partial charge in [-0.2, -0.15) is 0 Å². The molecule has 0 fully saturated rings. The minimum absolute atomic E-state index is 0.0312. The van der Waals surface area contributed by atoms with E-state index >= 15 is 0 Å². The zero-order valence-corrected chi connectivity index (χ0v) is 13.8. The lowest BCUT2D eigenvalue weighted by molar-refractivity contribution is -0.126. The molecular formula is C19H22N2O2. The molecule has 4 heteroatoms. The third-order valence-electron chi connectivity index (χ3n) is 3.82. The number of carbonyl (C=O) groups is 1. The maximum atomic E-state index is 12.3. The van der Waals surface area contributed by atoms with Gasteiger partial charge in [0.1, 0.15) is 5.75 Å². The van der Waals surface area contributed by atoms with E-state index in [1.165, 1.54) is 0 Å². The largest absolute Gasteiger partial charge is 0.496 e. The van der Waals surface area contributed by atoms with Gasteiger partial charge >= 0.3 is 0 Å². The molecule has 0 bridgehead atoms. The van der Waals surface area contributed by atoms with Crippen molar-refractivity contribution in [1.29, 1.82) is 0 Å². The van der Waals surface area contributed by atoms with E-state index in [9.17, 15) is 4.79 Å². The van der Waals surface area contributed by atoms with Crippen LogP contribution in [0.25, 0.3) is 6.08 Å². The Balaban J connectivity index is 2.00. The monoisotopic (exact) mass is 310 g/mol. The van der Waals surface area contributed by atoms with Gasteiger partial charge in [-0.3, -0.25) is 9.78 Å². The van der Waals surface area contributed by atoms with Crippen LogP contribution in [0.5, 0.6) is 5.75 Å². The summed E-state index contributed by atoms with van der Waals surface area (Å²) >= 11 is 0. The molecule has 1 atom stereocenters. The Morgan fingerprint density at radius 2 is 2.09 bits per heavy atom. The number of hydrogen-bond donors (Lipinski definition) is 0. The number of hydrogen-bond acceptors (Lipinski definition) is 3. The van der Waals surface area contributed by atoms with Gasteiger partial charge in [-0.05, 0) is 42.7 Å². The van der Waals surface area contributed by atoms with Crippen LogP contribution in [0.1, 0.15) is 18.1 Å². The zero-order chi connectivity index (χ0) is 16.7. The Bertz CT molecular complexity index is 668. The lowest BCUT2D eigenvalue weighted by atomic mass is 10.0. The van der Waals surface area contributed by atoms with Gasteiger partial charge in [-0.25, -0.2) is 0 Å². The highest BCUT2D eigenvalue weighted by Crippen LogP contribution is 2.20. The van der Waals surface area contributed by atoms with E-state index < -0.39 is 0 Å². The SMILES string of the molecule is COc1ccccc1C[C@H](C)N(C)C(=O)/C=C/c1cccnc1. The van der Waals surface area contributed by atoms with Crippen LogP contribution in [0, 0.1) is 0 Å². The van der Waals surface area contributed by atoms with Gasteiger partial charge in [0.15, 0.2) is 0 Å². The van der Waals surface area contributed by atoms with E-state index in [2.05, 4.69) is 4.98 Å². The van der Waals surface area contributed by atoms with Crippen molar-refractivity contribution in [3.05, 3.63) is 66.0 Å². The molecule has 23 heavy (non-hydrogen) atoms. The zero-order valence-electron chi connectivity index (χ0n) is 13.8. The number of methoxy groups -OCH3 is 1. The Labute approximate surface area is 137 Å². The Kier molecular flexibility index (Phi) is 5.92. The Hall–Kier alpha value is -2.62. The van der Waals surface area contributed by atoms with Crippen molar-refractivity contribution in [1.82, 2.24) is 9.88 Å². The van der Waals surface area contributed by atoms with Crippen molar-refractivity contribution in [2.24, 2.45) is 0 Å². The third-order valence-corrected chi connectivity index (χ3v) is 3.82. The smallest absolute Gasteiger partial charge is 0.246 e. The van der Waals surface area contributed by atoms with Crippen LogP contribution in [0.15, 0.2) is 54.9 Å². The molecule has 2 rings (SSSR count). The van der Waals surface area contributed by atoms with E-state index in [4.69, 9.17) is 4.74 Å². The Morgan fingerprint density at radius 3 is 2.78 bits per heavy atom. The number of nitrogens with zero attached hydrogens (tertiary/aromatic N) is 2. The van der Waals surface area contributed by atoms with E-state index in [1.54, 1.807) is 36.6 Å². The van der Waals surface area contributed by atoms with Crippen molar-refractivity contribution >= 4 is 12.0 Å². The molecule has 0 saturated heterocycles. The summed E-state index contributed by atoms with van der Waals surface area (Å²) in [6, 6.07) is 11.7. The summed E-state index contributed by atoms with van der Waals surface area (Å²) in [5.41, 5.74) is 2.00. The number of aromatic nitrogens is 1. The number of rotatable bonds is 6. The molecular weight excluding hydrogens is 288 g/mol. The minimum Gasteiger partial charge on any atom is -0.496 e. The first-order valence-corrected chi connectivity index (χ1v) is 7.58. The van der Waals surface area contributed by atoms with Crippen molar-refractivity contribution in [2.45, 2.75) is 19.4 Å². The molecule has 1 amide bonds. The summed E-state index contributed by atoms with van der Waals surface area (Å²) in [6.07, 6.45) is 7.53. The molecule has 1 aromatic carbocycles. The van der Waals surface area contributed by atoms with Crippen molar-refractivity contribution in [3.8, 4) is 5.75 Å². The van der Waals surface area contributed by atoms with E-state index in [-0.39, 0.29) is 11.9 Å². The maximum absolute atomic E-state index is 12.3. The highest BCUT2D eigenvalue weighted by Gasteiger charge is 2.15. The molecule has 0 N–H and O–H groups in total. The summed E-state index contributed by atoms with van der Waals surface area (Å²) < 4.78 is 5.37. The fraction of sp³-hybridized carbons (Fsp3) is 0.263. The number of amides is 1. The number of benzene rings is 1. The highest BCUT2D eigenvalue weighted by molar-refractivity contribution is 5.91. The molecule has 0 aliphatic rings. The van der Waals surface area contributed by atoms with Gasteiger partial charge in [0, 0.05) is 31.6 Å². The number of carbonyl (C=O) groups excluding carboxylic acids is 1. The van der Waals surface area contributed by atoms with Crippen LogP contribution in [0.3, 0.4) is 0 Å². The van der Waals surface area contributed by atoms with Gasteiger partial charge in [0.2, 0.25) is 5.91 Å². The number of likely N-dealkylation sites (N-methyl/N-ethyl adjacent to an activating group) is 1. The summed E-state index contributed by atoms with van der Waals surface area (Å²) in [5.74, 6) is 0.822. The molecule has 4 nitrogen and oxygen atoms in total. The average molecular weight is 310 g/mol. The molecule has 0 unspecified atom stereocenters. The minimum atomic E-state index is -0.0312. The van der Waals surface area contributed by atoms with Crippen LogP contribution in [-0.2, 0) is 11.2 Å². The first-order chi connectivity index (χ1) is 11.1. The lowest BCUT2D eigenvalue weighted by Gasteiger charge is -2.24. The van der Waals surface area contributed by atoms with Crippen LogP contribution >= 0.6 is 0 Å². The molecule has 0 spiro atoms. The normalized spacial score (nSPS) is 12.1.